The third-order valence-electron chi connectivity index (χ3n) is 2.16. The van der Waals surface area contributed by atoms with Gasteiger partial charge in [0, 0.05) is 0 Å². The van der Waals surface area contributed by atoms with Gasteiger partial charge in [0.15, 0.2) is 5.78 Å². The summed E-state index contributed by atoms with van der Waals surface area (Å²) in [7, 11) is 1.27. The molecular formula is C13H14O3. The lowest BCUT2D eigenvalue weighted by Gasteiger charge is -2.00. The standard InChI is InChI=1S/C13H14O3/c1-10(12(14)9-13(15)16-2)8-11-6-4-3-5-7-11/h3-8H,9H2,1-2H3/b10-8+. The van der Waals surface area contributed by atoms with E-state index in [9.17, 15) is 9.59 Å². The molecule has 84 valence electrons. The number of carbonyl (C=O) groups excluding carboxylic acids is 2. The average molecular weight is 218 g/mol. The number of hydrogen-bond acceptors (Lipinski definition) is 3. The van der Waals surface area contributed by atoms with Gasteiger partial charge in [0.2, 0.25) is 0 Å². The molecule has 3 nitrogen and oxygen atoms in total. The first kappa shape index (κ1) is 12.2. The van der Waals surface area contributed by atoms with Crippen molar-refractivity contribution in [1.82, 2.24) is 0 Å². The SMILES string of the molecule is COC(=O)CC(=O)/C(C)=C/c1ccccc1. The summed E-state index contributed by atoms with van der Waals surface area (Å²) in [6, 6.07) is 9.49. The highest BCUT2D eigenvalue weighted by atomic mass is 16.5. The van der Waals surface area contributed by atoms with E-state index >= 15 is 0 Å². The molecule has 0 aliphatic heterocycles. The van der Waals surface area contributed by atoms with Crippen LogP contribution in [0.4, 0.5) is 0 Å². The van der Waals surface area contributed by atoms with Crippen molar-refractivity contribution in [3.8, 4) is 0 Å². The number of rotatable bonds is 4. The second-order valence-electron chi connectivity index (χ2n) is 3.41. The number of Topliss-reactive ketones (excluding diaryl/α,β-unsaturated/α-hetero) is 1. The van der Waals surface area contributed by atoms with Gasteiger partial charge in [0.05, 0.1) is 7.11 Å². The molecule has 0 saturated carbocycles. The molecule has 0 amide bonds. The van der Waals surface area contributed by atoms with Crippen molar-refractivity contribution in [3.63, 3.8) is 0 Å². The van der Waals surface area contributed by atoms with Gasteiger partial charge in [-0.3, -0.25) is 9.59 Å². The molecule has 0 unspecified atom stereocenters. The molecule has 0 aromatic heterocycles. The van der Waals surface area contributed by atoms with Gasteiger partial charge in [-0.15, -0.1) is 0 Å². The van der Waals surface area contributed by atoms with E-state index < -0.39 is 5.97 Å². The Morgan fingerprint density at radius 3 is 2.44 bits per heavy atom. The summed E-state index contributed by atoms with van der Waals surface area (Å²) in [5, 5.41) is 0. The minimum atomic E-state index is -0.509. The number of hydrogen-bond donors (Lipinski definition) is 0. The molecular weight excluding hydrogens is 204 g/mol. The molecule has 0 fully saturated rings. The largest absolute Gasteiger partial charge is 0.469 e. The Morgan fingerprint density at radius 2 is 1.88 bits per heavy atom. The number of methoxy groups -OCH3 is 1. The summed E-state index contributed by atoms with van der Waals surface area (Å²) in [6.45, 7) is 1.69. The number of allylic oxidation sites excluding steroid dienone is 1. The van der Waals surface area contributed by atoms with Gasteiger partial charge in [-0.1, -0.05) is 30.3 Å². The van der Waals surface area contributed by atoms with E-state index in [1.54, 1.807) is 13.0 Å². The second kappa shape index (κ2) is 5.85. The Morgan fingerprint density at radius 1 is 1.25 bits per heavy atom. The van der Waals surface area contributed by atoms with Gasteiger partial charge in [-0.25, -0.2) is 0 Å². The normalized spacial score (nSPS) is 11.0. The molecule has 0 saturated heterocycles. The molecule has 0 atom stereocenters. The third kappa shape index (κ3) is 3.69. The van der Waals surface area contributed by atoms with E-state index in [1.807, 2.05) is 30.3 Å². The molecule has 0 bridgehead atoms. The van der Waals surface area contributed by atoms with E-state index in [-0.39, 0.29) is 12.2 Å². The Hall–Kier alpha value is -1.90. The van der Waals surface area contributed by atoms with Crippen LogP contribution in [0.2, 0.25) is 0 Å². The summed E-state index contributed by atoms with van der Waals surface area (Å²) < 4.78 is 4.43. The van der Waals surface area contributed by atoms with Gasteiger partial charge in [0.25, 0.3) is 0 Å². The minimum absolute atomic E-state index is 0.203. The van der Waals surface area contributed by atoms with Gasteiger partial charge >= 0.3 is 5.97 Å². The smallest absolute Gasteiger partial charge is 0.313 e. The monoisotopic (exact) mass is 218 g/mol. The highest BCUT2D eigenvalue weighted by Gasteiger charge is 2.10. The molecule has 0 radical (unpaired) electrons. The Bertz CT molecular complexity index is 404. The van der Waals surface area contributed by atoms with E-state index in [2.05, 4.69) is 4.74 Å². The summed E-state index contributed by atoms with van der Waals surface area (Å²) in [5.74, 6) is -0.721. The Balaban J connectivity index is 2.71. The van der Waals surface area contributed by atoms with Crippen LogP contribution in [0.5, 0.6) is 0 Å². The zero-order valence-electron chi connectivity index (χ0n) is 9.40. The number of benzene rings is 1. The van der Waals surface area contributed by atoms with Crippen LogP contribution in [-0.2, 0) is 14.3 Å². The molecule has 16 heavy (non-hydrogen) atoms. The van der Waals surface area contributed by atoms with E-state index in [0.717, 1.165) is 5.56 Å². The lowest BCUT2D eigenvalue weighted by atomic mass is 10.1. The zero-order valence-corrected chi connectivity index (χ0v) is 9.40. The predicted molar refractivity (Wildman–Crippen MR) is 61.7 cm³/mol. The summed E-state index contributed by atoms with van der Waals surface area (Å²) in [5.41, 5.74) is 1.50. The van der Waals surface area contributed by atoms with Gasteiger partial charge in [-0.2, -0.15) is 0 Å². The highest BCUT2D eigenvalue weighted by molar-refractivity contribution is 6.07. The van der Waals surface area contributed by atoms with Crippen molar-refractivity contribution in [1.29, 1.82) is 0 Å². The lowest BCUT2D eigenvalue weighted by Crippen LogP contribution is -2.09. The molecule has 0 heterocycles. The van der Waals surface area contributed by atoms with Gasteiger partial charge in [-0.05, 0) is 24.1 Å². The van der Waals surface area contributed by atoms with Crippen molar-refractivity contribution >= 4 is 17.8 Å². The quantitative estimate of drug-likeness (QED) is 0.442. The van der Waals surface area contributed by atoms with Crippen molar-refractivity contribution < 1.29 is 14.3 Å². The molecule has 1 aromatic carbocycles. The summed E-state index contributed by atoms with van der Waals surface area (Å²) in [4.78, 5) is 22.5. The first-order valence-corrected chi connectivity index (χ1v) is 4.97. The summed E-state index contributed by atoms with van der Waals surface area (Å²) in [6.07, 6.45) is 1.55. The van der Waals surface area contributed by atoms with Crippen LogP contribution in [-0.4, -0.2) is 18.9 Å². The zero-order chi connectivity index (χ0) is 12.0. The van der Waals surface area contributed by atoms with Gasteiger partial charge < -0.3 is 4.74 Å². The first-order chi connectivity index (χ1) is 7.63. The molecule has 3 heteroatoms. The number of esters is 1. The fourth-order valence-corrected chi connectivity index (χ4v) is 1.22. The Kier molecular flexibility index (Phi) is 4.45. The van der Waals surface area contributed by atoms with Crippen LogP contribution < -0.4 is 0 Å². The van der Waals surface area contributed by atoms with Crippen molar-refractivity contribution in [2.24, 2.45) is 0 Å². The molecule has 1 rings (SSSR count). The van der Waals surface area contributed by atoms with Crippen LogP contribution in [0, 0.1) is 0 Å². The maximum absolute atomic E-state index is 11.5. The minimum Gasteiger partial charge on any atom is -0.469 e. The fourth-order valence-electron chi connectivity index (χ4n) is 1.22. The van der Waals surface area contributed by atoms with Crippen molar-refractivity contribution in [2.45, 2.75) is 13.3 Å². The maximum atomic E-state index is 11.5. The maximum Gasteiger partial charge on any atom is 0.313 e. The van der Waals surface area contributed by atoms with Crippen LogP contribution in [0.1, 0.15) is 18.9 Å². The Labute approximate surface area is 94.7 Å². The predicted octanol–water partition coefficient (Wildman–Crippen LogP) is 2.22. The molecule has 0 aliphatic carbocycles. The van der Waals surface area contributed by atoms with Crippen LogP contribution >= 0.6 is 0 Å². The number of ether oxygens (including phenoxy) is 1. The van der Waals surface area contributed by atoms with Crippen molar-refractivity contribution in [3.05, 3.63) is 41.5 Å². The summed E-state index contributed by atoms with van der Waals surface area (Å²) >= 11 is 0. The van der Waals surface area contributed by atoms with E-state index in [1.165, 1.54) is 7.11 Å². The molecule has 0 aliphatic rings. The fraction of sp³-hybridized carbons (Fsp3) is 0.231. The lowest BCUT2D eigenvalue weighted by molar-refractivity contribution is -0.142. The van der Waals surface area contributed by atoms with Crippen LogP contribution in [0.25, 0.3) is 6.08 Å². The van der Waals surface area contributed by atoms with Crippen LogP contribution in [0.3, 0.4) is 0 Å². The van der Waals surface area contributed by atoms with E-state index in [4.69, 9.17) is 0 Å². The molecule has 1 aromatic rings. The second-order valence-corrected chi connectivity index (χ2v) is 3.41. The number of ketones is 1. The van der Waals surface area contributed by atoms with Crippen molar-refractivity contribution in [2.75, 3.05) is 7.11 Å². The third-order valence-corrected chi connectivity index (χ3v) is 2.16. The van der Waals surface area contributed by atoms with E-state index in [0.29, 0.717) is 5.57 Å². The first-order valence-electron chi connectivity index (χ1n) is 4.97. The highest BCUT2D eigenvalue weighted by Crippen LogP contribution is 2.08. The topological polar surface area (TPSA) is 43.4 Å². The average Bonchev–Trinajstić information content (AvgIpc) is 2.30. The molecule has 0 spiro atoms. The van der Waals surface area contributed by atoms with Crippen LogP contribution in [0.15, 0.2) is 35.9 Å². The van der Waals surface area contributed by atoms with Gasteiger partial charge in [0.1, 0.15) is 6.42 Å². The number of carbonyl (C=O) groups is 2. The molecule has 0 N–H and O–H groups in total.